The second-order valence-corrected chi connectivity index (χ2v) is 8.85. The predicted octanol–water partition coefficient (Wildman–Crippen LogP) is 4.35. The van der Waals surface area contributed by atoms with Gasteiger partial charge in [0, 0.05) is 15.5 Å². The van der Waals surface area contributed by atoms with Crippen LogP contribution in [0, 0.1) is 0 Å². The fraction of sp³-hybridized carbons (Fsp3) is 0.300. The molecule has 1 aromatic carbocycles. The van der Waals surface area contributed by atoms with E-state index in [-0.39, 0.29) is 5.56 Å². The molecular weight excluding hydrogens is 431 g/mol. The molecule has 3 aromatic rings. The number of carbonyl (C=O) groups excluding carboxylic acids is 1. The number of rotatable bonds is 4. The van der Waals surface area contributed by atoms with Crippen molar-refractivity contribution in [2.24, 2.45) is 5.10 Å². The predicted molar refractivity (Wildman–Crippen MR) is 117 cm³/mol. The quantitative estimate of drug-likeness (QED) is 0.475. The molecule has 6 nitrogen and oxygen atoms in total. The average molecular weight is 449 g/mol. The van der Waals surface area contributed by atoms with E-state index in [9.17, 15) is 9.59 Å². The molecule has 0 bridgehead atoms. The Balaban J connectivity index is 1.55. The summed E-state index contributed by atoms with van der Waals surface area (Å²) >= 11 is 13.5. The smallest absolute Gasteiger partial charge is 0.263 e. The van der Waals surface area contributed by atoms with Gasteiger partial charge in [0.1, 0.15) is 10.9 Å². The first-order valence-corrected chi connectivity index (χ1v) is 10.8. The summed E-state index contributed by atoms with van der Waals surface area (Å²) in [5.74, 6) is -0.418. The molecule has 1 unspecified atom stereocenters. The van der Waals surface area contributed by atoms with E-state index in [0.29, 0.717) is 21.0 Å². The second-order valence-electron chi connectivity index (χ2n) is 6.92. The zero-order valence-electron chi connectivity index (χ0n) is 15.6. The number of amides is 1. The monoisotopic (exact) mass is 448 g/mol. The SMILES string of the molecule is CC(C(=O)N/N=C\c1ccc(Cl)cc1Cl)n1cnc2sc3c(c2c1=O)CCCC3. The fourth-order valence-electron chi connectivity index (χ4n) is 3.43. The molecule has 1 aliphatic carbocycles. The first kappa shape index (κ1) is 20.1. The zero-order chi connectivity index (χ0) is 20.5. The van der Waals surface area contributed by atoms with E-state index in [2.05, 4.69) is 15.5 Å². The van der Waals surface area contributed by atoms with E-state index in [1.807, 2.05) is 0 Å². The summed E-state index contributed by atoms with van der Waals surface area (Å²) in [6, 6.07) is 4.22. The number of nitrogens with one attached hydrogen (secondary N) is 1. The Morgan fingerprint density at radius 1 is 1.34 bits per heavy atom. The molecule has 0 saturated heterocycles. The number of hydrogen-bond donors (Lipinski definition) is 1. The highest BCUT2D eigenvalue weighted by Gasteiger charge is 2.23. The molecule has 4 rings (SSSR count). The van der Waals surface area contributed by atoms with Crippen LogP contribution in [-0.2, 0) is 17.6 Å². The van der Waals surface area contributed by atoms with Gasteiger partial charge in [-0.1, -0.05) is 29.3 Å². The molecule has 2 aromatic heterocycles. The lowest BCUT2D eigenvalue weighted by Crippen LogP contribution is -2.34. The molecule has 9 heteroatoms. The van der Waals surface area contributed by atoms with Crippen LogP contribution in [0.5, 0.6) is 0 Å². The zero-order valence-corrected chi connectivity index (χ0v) is 17.9. The summed E-state index contributed by atoms with van der Waals surface area (Å²) < 4.78 is 1.37. The van der Waals surface area contributed by atoms with Crippen LogP contribution in [0.4, 0.5) is 0 Å². The van der Waals surface area contributed by atoms with E-state index in [1.165, 1.54) is 22.0 Å². The molecule has 0 spiro atoms. The standard InChI is InChI=1S/C20H18Cl2N4O2S/c1-11(18(27)25-24-9-12-6-7-13(21)8-15(12)22)26-10-23-19-17(20(26)28)14-4-2-3-5-16(14)29-19/h6-11H,2-5H2,1H3,(H,25,27)/b24-9-. The largest absolute Gasteiger partial charge is 0.286 e. The van der Waals surface area contributed by atoms with E-state index in [4.69, 9.17) is 23.2 Å². The van der Waals surface area contributed by atoms with Crippen molar-refractivity contribution in [3.63, 3.8) is 0 Å². The molecule has 2 heterocycles. The Labute approximate surface area is 181 Å². The van der Waals surface area contributed by atoms with E-state index in [0.717, 1.165) is 36.1 Å². The number of fused-ring (bicyclic) bond motifs is 3. The number of hydrazone groups is 1. The van der Waals surface area contributed by atoms with Crippen LogP contribution >= 0.6 is 34.5 Å². The Morgan fingerprint density at radius 2 is 2.14 bits per heavy atom. The van der Waals surface area contributed by atoms with Crippen molar-refractivity contribution >= 4 is 56.9 Å². The normalized spacial score (nSPS) is 14.9. The number of hydrogen-bond acceptors (Lipinski definition) is 5. The molecule has 150 valence electrons. The molecule has 29 heavy (non-hydrogen) atoms. The molecule has 0 aliphatic heterocycles. The Kier molecular flexibility index (Phi) is 5.72. The van der Waals surface area contributed by atoms with Gasteiger partial charge in [-0.2, -0.15) is 5.10 Å². The number of halogens is 2. The van der Waals surface area contributed by atoms with Crippen molar-refractivity contribution < 1.29 is 4.79 Å². The van der Waals surface area contributed by atoms with Crippen LogP contribution in [0.1, 0.15) is 41.8 Å². The first-order chi connectivity index (χ1) is 14.0. The lowest BCUT2D eigenvalue weighted by atomic mass is 9.97. The molecule has 0 radical (unpaired) electrons. The van der Waals surface area contributed by atoms with E-state index in [1.54, 1.807) is 36.5 Å². The minimum atomic E-state index is -0.753. The van der Waals surface area contributed by atoms with Crippen molar-refractivity contribution in [1.29, 1.82) is 0 Å². The maximum absolute atomic E-state index is 13.1. The summed E-state index contributed by atoms with van der Waals surface area (Å²) in [6.45, 7) is 1.65. The van der Waals surface area contributed by atoms with Crippen LogP contribution in [-0.4, -0.2) is 21.7 Å². The third-order valence-corrected chi connectivity index (χ3v) is 6.80. The van der Waals surface area contributed by atoms with Gasteiger partial charge in [0.05, 0.1) is 23.0 Å². The highest BCUT2D eigenvalue weighted by Crippen LogP contribution is 2.33. The minimum absolute atomic E-state index is 0.179. The van der Waals surface area contributed by atoms with Crippen LogP contribution in [0.3, 0.4) is 0 Å². The first-order valence-electron chi connectivity index (χ1n) is 9.25. The van der Waals surface area contributed by atoms with Crippen LogP contribution in [0.15, 0.2) is 34.4 Å². The number of benzene rings is 1. The van der Waals surface area contributed by atoms with Crippen molar-refractivity contribution in [3.05, 3.63) is 60.9 Å². The van der Waals surface area contributed by atoms with Crippen molar-refractivity contribution in [2.75, 3.05) is 0 Å². The Morgan fingerprint density at radius 3 is 2.93 bits per heavy atom. The van der Waals surface area contributed by atoms with Crippen LogP contribution in [0.2, 0.25) is 10.0 Å². The van der Waals surface area contributed by atoms with Crippen molar-refractivity contribution in [3.8, 4) is 0 Å². The van der Waals surface area contributed by atoms with Gasteiger partial charge in [0.15, 0.2) is 0 Å². The number of aryl methyl sites for hydroxylation is 2. The van der Waals surface area contributed by atoms with Crippen molar-refractivity contribution in [2.45, 2.75) is 38.6 Å². The highest BCUT2D eigenvalue weighted by molar-refractivity contribution is 7.18. The number of aromatic nitrogens is 2. The maximum Gasteiger partial charge on any atom is 0.263 e. The van der Waals surface area contributed by atoms with Gasteiger partial charge >= 0.3 is 0 Å². The van der Waals surface area contributed by atoms with Gasteiger partial charge in [-0.25, -0.2) is 10.4 Å². The summed E-state index contributed by atoms with van der Waals surface area (Å²) in [5.41, 5.74) is 4.00. The van der Waals surface area contributed by atoms with Crippen LogP contribution < -0.4 is 11.0 Å². The number of carbonyl (C=O) groups is 1. The van der Waals surface area contributed by atoms with Gasteiger partial charge in [-0.3, -0.25) is 14.2 Å². The average Bonchev–Trinajstić information content (AvgIpc) is 3.08. The summed E-state index contributed by atoms with van der Waals surface area (Å²) in [7, 11) is 0. The topological polar surface area (TPSA) is 76.3 Å². The van der Waals surface area contributed by atoms with Gasteiger partial charge in [-0.05, 0) is 50.3 Å². The van der Waals surface area contributed by atoms with Gasteiger partial charge in [0.25, 0.3) is 11.5 Å². The van der Waals surface area contributed by atoms with Gasteiger partial charge in [0.2, 0.25) is 0 Å². The molecular formula is C20H18Cl2N4O2S. The third kappa shape index (κ3) is 3.95. The lowest BCUT2D eigenvalue weighted by Gasteiger charge is -2.14. The highest BCUT2D eigenvalue weighted by atomic mass is 35.5. The van der Waals surface area contributed by atoms with Crippen LogP contribution in [0.25, 0.3) is 10.2 Å². The molecule has 1 atom stereocenters. The fourth-order valence-corrected chi connectivity index (χ4v) is 5.10. The maximum atomic E-state index is 13.1. The molecule has 1 aliphatic rings. The molecule has 0 fully saturated rings. The van der Waals surface area contributed by atoms with Crippen molar-refractivity contribution in [1.82, 2.24) is 15.0 Å². The Bertz CT molecular complexity index is 1190. The molecule has 1 N–H and O–H groups in total. The number of nitrogens with zero attached hydrogens (tertiary/aromatic N) is 3. The lowest BCUT2D eigenvalue weighted by molar-refractivity contribution is -0.123. The second kappa shape index (κ2) is 8.26. The molecule has 0 saturated carbocycles. The summed E-state index contributed by atoms with van der Waals surface area (Å²) in [4.78, 5) is 32.0. The van der Waals surface area contributed by atoms with E-state index >= 15 is 0 Å². The number of thiophene rings is 1. The summed E-state index contributed by atoms with van der Waals surface area (Å²) in [5, 5.41) is 5.54. The summed E-state index contributed by atoms with van der Waals surface area (Å²) in [6.07, 6.45) is 6.98. The minimum Gasteiger partial charge on any atom is -0.286 e. The Hall–Kier alpha value is -2.22. The van der Waals surface area contributed by atoms with E-state index < -0.39 is 11.9 Å². The van der Waals surface area contributed by atoms with Gasteiger partial charge in [-0.15, -0.1) is 11.3 Å². The van der Waals surface area contributed by atoms with Gasteiger partial charge < -0.3 is 0 Å². The third-order valence-electron chi connectivity index (χ3n) is 5.04. The molecule has 1 amide bonds.